The molecule has 1 saturated carbocycles. The van der Waals surface area contributed by atoms with Gasteiger partial charge in [-0.2, -0.15) is 5.26 Å². The van der Waals surface area contributed by atoms with Gasteiger partial charge in [0.2, 0.25) is 0 Å². The lowest BCUT2D eigenvalue weighted by Gasteiger charge is -2.45. The summed E-state index contributed by atoms with van der Waals surface area (Å²) in [4.78, 5) is 15.8. The van der Waals surface area contributed by atoms with Gasteiger partial charge in [0.1, 0.15) is 17.3 Å². The Morgan fingerprint density at radius 2 is 2.38 bits per heavy atom. The molecule has 0 bridgehead atoms. The first-order valence-electron chi connectivity index (χ1n) is 8.50. The number of fused-ring (bicyclic) bond motifs is 1. The molecule has 1 amide bonds. The van der Waals surface area contributed by atoms with E-state index in [2.05, 4.69) is 16.4 Å². The minimum Gasteiger partial charge on any atom is -0.441 e. The Bertz CT molecular complexity index is 939. The quantitative estimate of drug-likeness (QED) is 0.868. The SMILES string of the molecule is C[C@@]1(Cn2cnc3c(Cl)cc(C#N)cc32)C[C@@]2(CC[C@H]1F)CNC(=O)O2. The van der Waals surface area contributed by atoms with Crippen LogP contribution in [0.1, 0.15) is 31.7 Å². The number of hydrogen-bond donors (Lipinski definition) is 1. The van der Waals surface area contributed by atoms with Crippen molar-refractivity contribution in [3.05, 3.63) is 29.0 Å². The number of carbonyl (C=O) groups is 1. The zero-order valence-electron chi connectivity index (χ0n) is 14.3. The van der Waals surface area contributed by atoms with Gasteiger partial charge >= 0.3 is 6.09 Å². The Kier molecular flexibility index (Phi) is 3.85. The van der Waals surface area contributed by atoms with Gasteiger partial charge in [-0.1, -0.05) is 18.5 Å². The molecule has 26 heavy (non-hydrogen) atoms. The molecule has 2 aliphatic rings. The molecule has 1 spiro atoms. The van der Waals surface area contributed by atoms with Crippen LogP contribution >= 0.6 is 11.6 Å². The second-order valence-electron chi connectivity index (χ2n) is 7.57. The smallest absolute Gasteiger partial charge is 0.407 e. The van der Waals surface area contributed by atoms with Gasteiger partial charge < -0.3 is 14.6 Å². The van der Waals surface area contributed by atoms with Crippen LogP contribution in [0.25, 0.3) is 11.0 Å². The van der Waals surface area contributed by atoms with Gasteiger partial charge in [0.05, 0.1) is 35.0 Å². The lowest BCUT2D eigenvalue weighted by molar-refractivity contribution is -0.0664. The fourth-order valence-corrected chi connectivity index (χ4v) is 4.53. The Labute approximate surface area is 154 Å². The molecule has 2 aromatic rings. The van der Waals surface area contributed by atoms with Gasteiger partial charge in [-0.15, -0.1) is 0 Å². The van der Waals surface area contributed by atoms with E-state index in [0.29, 0.717) is 54.0 Å². The Morgan fingerprint density at radius 3 is 3.08 bits per heavy atom. The van der Waals surface area contributed by atoms with E-state index in [4.69, 9.17) is 16.3 Å². The molecule has 4 rings (SSSR count). The fourth-order valence-electron chi connectivity index (χ4n) is 4.27. The van der Waals surface area contributed by atoms with E-state index in [1.807, 2.05) is 11.5 Å². The number of rotatable bonds is 2. The Hall–Kier alpha value is -2.33. The van der Waals surface area contributed by atoms with Gasteiger partial charge in [0.15, 0.2) is 0 Å². The number of benzene rings is 1. The van der Waals surface area contributed by atoms with Gasteiger partial charge in [-0.3, -0.25) is 0 Å². The van der Waals surface area contributed by atoms with Crippen LogP contribution in [0.5, 0.6) is 0 Å². The van der Waals surface area contributed by atoms with Crippen molar-refractivity contribution in [2.75, 3.05) is 6.54 Å². The molecular weight excluding hydrogens is 359 g/mol. The molecule has 6 nitrogen and oxygen atoms in total. The van der Waals surface area contributed by atoms with Crippen molar-refractivity contribution in [3.63, 3.8) is 0 Å². The van der Waals surface area contributed by atoms with Crippen molar-refractivity contribution in [2.24, 2.45) is 5.41 Å². The number of imidazole rings is 1. The highest BCUT2D eigenvalue weighted by atomic mass is 35.5. The standard InChI is InChI=1S/C18H18ClFN4O2/c1-17(7-18(3-2-14(17)20)8-22-16(25)26-18)9-24-10-23-15-12(19)4-11(6-21)5-13(15)24/h4-5,10,14H,2-3,7-9H2,1H3,(H,22,25)/t14-,17+,18+/m1/s1. The number of nitrogens with one attached hydrogen (secondary N) is 1. The number of hydrogen-bond acceptors (Lipinski definition) is 4. The first kappa shape index (κ1) is 17.1. The molecule has 2 fully saturated rings. The molecule has 1 aliphatic heterocycles. The summed E-state index contributed by atoms with van der Waals surface area (Å²) >= 11 is 6.21. The highest BCUT2D eigenvalue weighted by molar-refractivity contribution is 6.35. The van der Waals surface area contributed by atoms with E-state index in [9.17, 15) is 14.4 Å². The lowest BCUT2D eigenvalue weighted by atomic mass is 9.67. The number of alkyl halides is 1. The monoisotopic (exact) mass is 376 g/mol. The third-order valence-corrected chi connectivity index (χ3v) is 5.83. The maximum absolute atomic E-state index is 14.9. The molecule has 1 N–H and O–H groups in total. The van der Waals surface area contributed by atoms with Crippen LogP contribution in [-0.2, 0) is 11.3 Å². The summed E-state index contributed by atoms with van der Waals surface area (Å²) in [5.41, 5.74) is 0.334. The first-order chi connectivity index (χ1) is 12.3. The third-order valence-electron chi connectivity index (χ3n) is 5.54. The first-order valence-corrected chi connectivity index (χ1v) is 8.87. The van der Waals surface area contributed by atoms with E-state index >= 15 is 0 Å². The van der Waals surface area contributed by atoms with Crippen LogP contribution in [0.2, 0.25) is 5.02 Å². The maximum Gasteiger partial charge on any atom is 0.407 e. The second-order valence-corrected chi connectivity index (χ2v) is 7.98. The van der Waals surface area contributed by atoms with Gasteiger partial charge in [-0.25, -0.2) is 14.2 Å². The summed E-state index contributed by atoms with van der Waals surface area (Å²) < 4.78 is 22.2. The predicted molar refractivity (Wildman–Crippen MR) is 93.5 cm³/mol. The Balaban J connectivity index is 1.69. The molecule has 0 unspecified atom stereocenters. The predicted octanol–water partition coefficient (Wildman–Crippen LogP) is 3.57. The number of aromatic nitrogens is 2. The minimum absolute atomic E-state index is 0.336. The molecule has 1 aliphatic carbocycles. The number of amides is 1. The number of nitriles is 1. The number of alkyl carbamates (subject to hydrolysis) is 1. The van der Waals surface area contributed by atoms with Crippen molar-refractivity contribution >= 4 is 28.7 Å². The number of halogens is 2. The molecule has 0 radical (unpaired) electrons. The average Bonchev–Trinajstić information content (AvgIpc) is 3.16. The van der Waals surface area contributed by atoms with Crippen molar-refractivity contribution in [1.82, 2.24) is 14.9 Å². The van der Waals surface area contributed by atoms with Gasteiger partial charge in [0.25, 0.3) is 0 Å². The molecule has 136 valence electrons. The van der Waals surface area contributed by atoms with Crippen LogP contribution in [0.3, 0.4) is 0 Å². The molecule has 3 atom stereocenters. The number of nitrogens with zero attached hydrogens (tertiary/aromatic N) is 3. The summed E-state index contributed by atoms with van der Waals surface area (Å²) in [5, 5.41) is 12.3. The Morgan fingerprint density at radius 1 is 1.58 bits per heavy atom. The van der Waals surface area contributed by atoms with Gasteiger partial charge in [0, 0.05) is 12.0 Å². The van der Waals surface area contributed by atoms with Crippen LogP contribution in [-0.4, -0.2) is 34.0 Å². The van der Waals surface area contributed by atoms with Crippen molar-refractivity contribution in [2.45, 2.75) is 44.5 Å². The molecule has 2 heterocycles. The zero-order chi connectivity index (χ0) is 18.5. The van der Waals surface area contributed by atoms with Gasteiger partial charge in [-0.05, 0) is 31.4 Å². The maximum atomic E-state index is 14.9. The van der Waals surface area contributed by atoms with Crippen molar-refractivity contribution in [1.29, 1.82) is 5.26 Å². The zero-order valence-corrected chi connectivity index (χ0v) is 15.0. The fraction of sp³-hybridized carbons (Fsp3) is 0.500. The van der Waals surface area contributed by atoms with E-state index < -0.39 is 23.3 Å². The largest absolute Gasteiger partial charge is 0.441 e. The molecular formula is C18H18ClFN4O2. The lowest BCUT2D eigenvalue weighted by Crippen LogP contribution is -2.50. The summed E-state index contributed by atoms with van der Waals surface area (Å²) in [7, 11) is 0. The van der Waals surface area contributed by atoms with E-state index in [0.717, 1.165) is 0 Å². The minimum atomic E-state index is -1.03. The summed E-state index contributed by atoms with van der Waals surface area (Å²) in [5.74, 6) is 0. The molecule has 1 aromatic carbocycles. The van der Waals surface area contributed by atoms with E-state index in [-0.39, 0.29) is 0 Å². The highest BCUT2D eigenvalue weighted by Crippen LogP contribution is 2.47. The van der Waals surface area contributed by atoms with Crippen LogP contribution < -0.4 is 5.32 Å². The summed E-state index contributed by atoms with van der Waals surface area (Å²) in [6, 6.07) is 5.36. The number of ether oxygens (including phenoxy) is 1. The van der Waals surface area contributed by atoms with Crippen LogP contribution in [0, 0.1) is 16.7 Å². The third kappa shape index (κ3) is 2.69. The van der Waals surface area contributed by atoms with Crippen molar-refractivity contribution < 1.29 is 13.9 Å². The summed E-state index contributed by atoms with van der Waals surface area (Å²) in [6.07, 6.45) is 1.42. The van der Waals surface area contributed by atoms with Crippen LogP contribution in [0.4, 0.5) is 9.18 Å². The molecule has 8 heteroatoms. The van der Waals surface area contributed by atoms with Crippen LogP contribution in [0.15, 0.2) is 18.5 Å². The molecule has 1 saturated heterocycles. The topological polar surface area (TPSA) is 79.9 Å². The summed E-state index contributed by atoms with van der Waals surface area (Å²) in [6.45, 7) is 2.63. The van der Waals surface area contributed by atoms with Crippen molar-refractivity contribution in [3.8, 4) is 6.07 Å². The molecule has 1 aromatic heterocycles. The van der Waals surface area contributed by atoms with E-state index in [1.165, 1.54) is 0 Å². The van der Waals surface area contributed by atoms with E-state index in [1.54, 1.807) is 18.5 Å². The normalized spacial score (nSPS) is 31.0. The number of carbonyl (C=O) groups excluding carboxylic acids is 1. The highest BCUT2D eigenvalue weighted by Gasteiger charge is 2.53. The average molecular weight is 377 g/mol. The second kappa shape index (κ2) is 5.85.